The Hall–Kier alpha value is -0.570. The van der Waals surface area contributed by atoms with Crippen LogP contribution in [0.3, 0.4) is 0 Å². The van der Waals surface area contributed by atoms with Crippen LogP contribution in [-0.4, -0.2) is 36.5 Å². The SMILES string of the molecule is CC(C)CN(CC1CCCN1)C(=O)C1C2CCCC21. The molecule has 3 heteroatoms. The molecule has 0 spiro atoms. The lowest BCUT2D eigenvalue weighted by Crippen LogP contribution is -2.44. The first kappa shape index (κ1) is 13.4. The molecule has 3 rings (SSSR count). The minimum atomic E-state index is 0.397. The summed E-state index contributed by atoms with van der Waals surface area (Å²) in [5.41, 5.74) is 0. The van der Waals surface area contributed by atoms with Crippen molar-refractivity contribution in [3.05, 3.63) is 0 Å². The molecule has 1 saturated heterocycles. The summed E-state index contributed by atoms with van der Waals surface area (Å²) >= 11 is 0. The molecule has 1 amide bonds. The van der Waals surface area contributed by atoms with Gasteiger partial charge in [-0.05, 0) is 50.0 Å². The average molecular weight is 264 g/mol. The van der Waals surface area contributed by atoms with E-state index >= 15 is 0 Å². The van der Waals surface area contributed by atoms with Crippen molar-refractivity contribution in [3.8, 4) is 0 Å². The molecule has 0 aromatic carbocycles. The molecule has 0 bridgehead atoms. The van der Waals surface area contributed by atoms with Gasteiger partial charge in [-0.25, -0.2) is 0 Å². The Morgan fingerprint density at radius 1 is 1.21 bits per heavy atom. The largest absolute Gasteiger partial charge is 0.341 e. The van der Waals surface area contributed by atoms with Crippen LogP contribution in [0.1, 0.15) is 46.0 Å². The van der Waals surface area contributed by atoms with Crippen molar-refractivity contribution >= 4 is 5.91 Å². The minimum absolute atomic E-state index is 0.397. The van der Waals surface area contributed by atoms with E-state index < -0.39 is 0 Å². The number of hydrogen-bond donors (Lipinski definition) is 1. The molecule has 0 radical (unpaired) electrons. The molecule has 19 heavy (non-hydrogen) atoms. The van der Waals surface area contributed by atoms with Gasteiger partial charge in [0.1, 0.15) is 0 Å². The van der Waals surface area contributed by atoms with Crippen LogP contribution in [0.4, 0.5) is 0 Å². The van der Waals surface area contributed by atoms with Crippen molar-refractivity contribution in [1.82, 2.24) is 10.2 Å². The fourth-order valence-electron chi connectivity index (χ4n) is 4.27. The first-order valence-corrected chi connectivity index (χ1v) is 8.19. The molecule has 0 aromatic rings. The molecule has 3 fully saturated rings. The van der Waals surface area contributed by atoms with Crippen LogP contribution >= 0.6 is 0 Å². The molecule has 3 unspecified atom stereocenters. The second kappa shape index (κ2) is 5.43. The quantitative estimate of drug-likeness (QED) is 0.826. The average Bonchev–Trinajstić information content (AvgIpc) is 2.78. The van der Waals surface area contributed by atoms with Crippen LogP contribution in [0.25, 0.3) is 0 Å². The molecule has 2 saturated carbocycles. The number of rotatable bonds is 5. The standard InChI is InChI=1S/C16H28N2O/c1-11(2)9-18(10-12-5-4-8-17-12)16(19)15-13-6-3-7-14(13)15/h11-15,17H,3-10H2,1-2H3. The summed E-state index contributed by atoms with van der Waals surface area (Å²) in [4.78, 5) is 14.9. The molecule has 2 aliphatic carbocycles. The lowest BCUT2D eigenvalue weighted by Gasteiger charge is -2.28. The van der Waals surface area contributed by atoms with Crippen LogP contribution in [-0.2, 0) is 4.79 Å². The topological polar surface area (TPSA) is 32.3 Å². The maximum atomic E-state index is 12.7. The van der Waals surface area contributed by atoms with Crippen LogP contribution in [0.15, 0.2) is 0 Å². The van der Waals surface area contributed by atoms with Crippen LogP contribution in [0.2, 0.25) is 0 Å². The summed E-state index contributed by atoms with van der Waals surface area (Å²) in [6.07, 6.45) is 6.46. The van der Waals surface area contributed by atoms with Gasteiger partial charge in [0.05, 0.1) is 0 Å². The Labute approximate surface area is 117 Å². The van der Waals surface area contributed by atoms with Crippen molar-refractivity contribution in [2.24, 2.45) is 23.7 Å². The van der Waals surface area contributed by atoms with E-state index in [2.05, 4.69) is 24.1 Å². The van der Waals surface area contributed by atoms with Gasteiger partial charge in [0.25, 0.3) is 0 Å². The molecular formula is C16H28N2O. The highest BCUT2D eigenvalue weighted by Crippen LogP contribution is 2.58. The molecule has 1 heterocycles. The Kier molecular flexibility index (Phi) is 3.84. The number of hydrogen-bond acceptors (Lipinski definition) is 2. The second-order valence-corrected chi connectivity index (χ2v) is 7.21. The maximum absolute atomic E-state index is 12.7. The zero-order chi connectivity index (χ0) is 13.4. The summed E-state index contributed by atoms with van der Waals surface area (Å²) in [5, 5.41) is 3.53. The number of carbonyl (C=O) groups excluding carboxylic acids is 1. The fourth-order valence-corrected chi connectivity index (χ4v) is 4.27. The Morgan fingerprint density at radius 3 is 2.53 bits per heavy atom. The summed E-state index contributed by atoms with van der Waals surface area (Å²) in [6, 6.07) is 0.543. The fraction of sp³-hybridized carbons (Fsp3) is 0.938. The Morgan fingerprint density at radius 2 is 1.95 bits per heavy atom. The number of nitrogens with zero attached hydrogens (tertiary/aromatic N) is 1. The smallest absolute Gasteiger partial charge is 0.226 e. The van der Waals surface area contributed by atoms with Gasteiger partial charge >= 0.3 is 0 Å². The van der Waals surface area contributed by atoms with Gasteiger partial charge in [0.15, 0.2) is 0 Å². The lowest BCUT2D eigenvalue weighted by atomic mass is 10.1. The number of nitrogens with one attached hydrogen (secondary N) is 1. The van der Waals surface area contributed by atoms with Gasteiger partial charge in [-0.3, -0.25) is 4.79 Å². The third kappa shape index (κ3) is 2.81. The number of fused-ring (bicyclic) bond motifs is 1. The van der Waals surface area contributed by atoms with Crippen molar-refractivity contribution < 1.29 is 4.79 Å². The highest BCUT2D eigenvalue weighted by atomic mass is 16.2. The number of carbonyl (C=O) groups is 1. The zero-order valence-electron chi connectivity index (χ0n) is 12.4. The second-order valence-electron chi connectivity index (χ2n) is 7.21. The van der Waals surface area contributed by atoms with Gasteiger partial charge in [-0.2, -0.15) is 0 Å². The van der Waals surface area contributed by atoms with E-state index in [0.717, 1.165) is 31.5 Å². The van der Waals surface area contributed by atoms with E-state index in [0.29, 0.717) is 23.8 Å². The summed E-state index contributed by atoms with van der Waals surface area (Å²) < 4.78 is 0. The molecule has 108 valence electrons. The molecule has 1 N–H and O–H groups in total. The van der Waals surface area contributed by atoms with E-state index in [1.165, 1.54) is 32.1 Å². The zero-order valence-corrected chi connectivity index (χ0v) is 12.4. The molecule has 3 nitrogen and oxygen atoms in total. The van der Waals surface area contributed by atoms with Crippen molar-refractivity contribution in [1.29, 1.82) is 0 Å². The van der Waals surface area contributed by atoms with Gasteiger partial charge in [0.2, 0.25) is 5.91 Å². The predicted octanol–water partition coefficient (Wildman–Crippen LogP) is 2.27. The normalized spacial score (nSPS) is 36.6. The third-order valence-electron chi connectivity index (χ3n) is 5.19. The molecular weight excluding hydrogens is 236 g/mol. The van der Waals surface area contributed by atoms with Crippen LogP contribution in [0.5, 0.6) is 0 Å². The van der Waals surface area contributed by atoms with E-state index in [4.69, 9.17) is 0 Å². The molecule has 1 aliphatic heterocycles. The van der Waals surface area contributed by atoms with E-state index in [9.17, 15) is 4.79 Å². The summed E-state index contributed by atoms with van der Waals surface area (Å²) in [5.74, 6) is 2.94. The lowest BCUT2D eigenvalue weighted by molar-refractivity contribution is -0.134. The van der Waals surface area contributed by atoms with Crippen LogP contribution in [0, 0.1) is 23.7 Å². The van der Waals surface area contributed by atoms with Crippen molar-refractivity contribution in [3.63, 3.8) is 0 Å². The first-order valence-electron chi connectivity index (χ1n) is 8.19. The monoisotopic (exact) mass is 264 g/mol. The van der Waals surface area contributed by atoms with E-state index in [-0.39, 0.29) is 0 Å². The van der Waals surface area contributed by atoms with Gasteiger partial charge in [-0.15, -0.1) is 0 Å². The molecule has 0 aromatic heterocycles. The van der Waals surface area contributed by atoms with E-state index in [1.54, 1.807) is 0 Å². The first-order chi connectivity index (χ1) is 9.16. The van der Waals surface area contributed by atoms with Crippen LogP contribution < -0.4 is 5.32 Å². The number of amides is 1. The Balaban J connectivity index is 1.59. The van der Waals surface area contributed by atoms with Gasteiger partial charge in [0, 0.05) is 25.0 Å². The Bertz CT molecular complexity index is 326. The van der Waals surface area contributed by atoms with E-state index in [1.807, 2.05) is 0 Å². The van der Waals surface area contributed by atoms with Crippen molar-refractivity contribution in [2.45, 2.75) is 52.0 Å². The highest BCUT2D eigenvalue weighted by molar-refractivity contribution is 5.82. The van der Waals surface area contributed by atoms with Gasteiger partial charge < -0.3 is 10.2 Å². The summed E-state index contributed by atoms with van der Waals surface area (Å²) in [7, 11) is 0. The van der Waals surface area contributed by atoms with Crippen molar-refractivity contribution in [2.75, 3.05) is 19.6 Å². The minimum Gasteiger partial charge on any atom is -0.341 e. The molecule has 3 atom stereocenters. The summed E-state index contributed by atoms with van der Waals surface area (Å²) in [6.45, 7) is 7.44. The highest BCUT2D eigenvalue weighted by Gasteiger charge is 2.57. The molecule has 3 aliphatic rings. The predicted molar refractivity (Wildman–Crippen MR) is 76.8 cm³/mol. The maximum Gasteiger partial charge on any atom is 0.226 e. The third-order valence-corrected chi connectivity index (χ3v) is 5.19. The van der Waals surface area contributed by atoms with Gasteiger partial charge in [-0.1, -0.05) is 20.3 Å².